The third kappa shape index (κ3) is 3.43. The van der Waals surface area contributed by atoms with Gasteiger partial charge in [-0.1, -0.05) is 31.4 Å². The van der Waals surface area contributed by atoms with E-state index in [1.54, 1.807) is 12.1 Å². The minimum atomic E-state index is -0.519. The second-order valence-corrected chi connectivity index (χ2v) is 4.79. The summed E-state index contributed by atoms with van der Waals surface area (Å²) in [6.45, 7) is 2.76. The van der Waals surface area contributed by atoms with Crippen LogP contribution in [-0.4, -0.2) is 23.1 Å². The summed E-state index contributed by atoms with van der Waals surface area (Å²) in [5.41, 5.74) is 0.700. The maximum atomic E-state index is 13.2. The zero-order chi connectivity index (χ0) is 12.1. The summed E-state index contributed by atoms with van der Waals surface area (Å²) in [5.74, 6) is -0.705. The fraction of sp³-hybridized carbons (Fsp3) is 0.571. The van der Waals surface area contributed by atoms with Gasteiger partial charge in [0, 0.05) is 12.1 Å². The molecule has 1 heterocycles. The van der Waals surface area contributed by atoms with E-state index >= 15 is 0 Å². The van der Waals surface area contributed by atoms with E-state index in [1.165, 1.54) is 38.2 Å². The number of phenols is 1. The van der Waals surface area contributed by atoms with E-state index in [0.29, 0.717) is 12.1 Å². The Labute approximate surface area is 102 Å². The Morgan fingerprint density at radius 3 is 2.41 bits per heavy atom. The molecule has 1 fully saturated rings. The second-order valence-electron chi connectivity index (χ2n) is 4.79. The lowest BCUT2D eigenvalue weighted by Gasteiger charge is -2.24. The van der Waals surface area contributed by atoms with Crippen molar-refractivity contribution >= 4 is 0 Å². The number of hydrogen-bond donors (Lipinski definition) is 1. The van der Waals surface area contributed by atoms with E-state index < -0.39 is 5.82 Å². The normalized spacial score (nSPS) is 18.6. The molecule has 0 aromatic heterocycles. The Morgan fingerprint density at radius 2 is 1.71 bits per heavy atom. The first-order valence-corrected chi connectivity index (χ1v) is 6.46. The van der Waals surface area contributed by atoms with E-state index in [-0.39, 0.29) is 5.75 Å². The van der Waals surface area contributed by atoms with Gasteiger partial charge in [0.15, 0.2) is 11.6 Å². The number of phenolic OH excluding ortho intramolecular Hbond substituents is 1. The van der Waals surface area contributed by atoms with Gasteiger partial charge in [-0.2, -0.15) is 0 Å². The van der Waals surface area contributed by atoms with Crippen molar-refractivity contribution in [3.8, 4) is 5.75 Å². The van der Waals surface area contributed by atoms with Crippen molar-refractivity contribution in [3.05, 3.63) is 29.6 Å². The van der Waals surface area contributed by atoms with Crippen molar-refractivity contribution in [2.75, 3.05) is 13.1 Å². The summed E-state index contributed by atoms with van der Waals surface area (Å²) in [5, 5.41) is 9.65. The van der Waals surface area contributed by atoms with E-state index in [9.17, 15) is 9.50 Å². The van der Waals surface area contributed by atoms with Gasteiger partial charge in [0.2, 0.25) is 0 Å². The van der Waals surface area contributed by atoms with Crippen molar-refractivity contribution in [1.29, 1.82) is 0 Å². The second kappa shape index (κ2) is 6.01. The highest BCUT2D eigenvalue weighted by Crippen LogP contribution is 2.23. The Balaban J connectivity index is 2.00. The van der Waals surface area contributed by atoms with Crippen LogP contribution in [0.4, 0.5) is 4.39 Å². The van der Waals surface area contributed by atoms with Crippen LogP contribution in [0.2, 0.25) is 0 Å². The smallest absolute Gasteiger partial charge is 0.165 e. The first-order valence-electron chi connectivity index (χ1n) is 6.46. The minimum Gasteiger partial charge on any atom is -0.505 e. The molecule has 94 valence electrons. The van der Waals surface area contributed by atoms with Crippen LogP contribution in [0.25, 0.3) is 0 Å². The largest absolute Gasteiger partial charge is 0.505 e. The first kappa shape index (κ1) is 12.4. The fourth-order valence-electron chi connectivity index (χ4n) is 2.40. The van der Waals surface area contributed by atoms with Crippen molar-refractivity contribution in [3.63, 3.8) is 0 Å². The maximum Gasteiger partial charge on any atom is 0.165 e. The van der Waals surface area contributed by atoms with E-state index in [1.807, 2.05) is 0 Å². The van der Waals surface area contributed by atoms with E-state index in [0.717, 1.165) is 13.1 Å². The zero-order valence-electron chi connectivity index (χ0n) is 10.2. The third-order valence-corrected chi connectivity index (χ3v) is 3.41. The topological polar surface area (TPSA) is 23.5 Å². The van der Waals surface area contributed by atoms with E-state index in [4.69, 9.17) is 0 Å². The molecule has 0 atom stereocenters. The van der Waals surface area contributed by atoms with Crippen molar-refractivity contribution in [1.82, 2.24) is 4.90 Å². The number of para-hydroxylation sites is 1. The Hall–Kier alpha value is -1.09. The molecule has 0 amide bonds. The molecule has 0 saturated carbocycles. The van der Waals surface area contributed by atoms with Crippen LogP contribution in [0, 0.1) is 5.82 Å². The maximum absolute atomic E-state index is 13.2. The number of aromatic hydroxyl groups is 1. The highest BCUT2D eigenvalue weighted by atomic mass is 19.1. The highest BCUT2D eigenvalue weighted by Gasteiger charge is 2.12. The summed E-state index contributed by atoms with van der Waals surface area (Å²) in [6, 6.07) is 4.76. The highest BCUT2D eigenvalue weighted by molar-refractivity contribution is 5.33. The summed E-state index contributed by atoms with van der Waals surface area (Å²) >= 11 is 0. The Kier molecular flexibility index (Phi) is 4.37. The minimum absolute atomic E-state index is 0.186. The lowest BCUT2D eigenvalue weighted by atomic mass is 10.1. The van der Waals surface area contributed by atoms with Gasteiger partial charge in [0.05, 0.1) is 0 Å². The molecule has 2 rings (SSSR count). The van der Waals surface area contributed by atoms with Gasteiger partial charge in [-0.3, -0.25) is 4.90 Å². The van der Waals surface area contributed by atoms with Crippen molar-refractivity contribution < 1.29 is 9.50 Å². The van der Waals surface area contributed by atoms with Crippen LogP contribution in [0.5, 0.6) is 5.75 Å². The van der Waals surface area contributed by atoms with Gasteiger partial charge in [-0.15, -0.1) is 0 Å². The molecule has 1 aromatic carbocycles. The van der Waals surface area contributed by atoms with Gasteiger partial charge < -0.3 is 5.11 Å². The first-order chi connectivity index (χ1) is 8.27. The molecular weight excluding hydrogens is 217 g/mol. The molecule has 2 nitrogen and oxygen atoms in total. The molecule has 0 radical (unpaired) electrons. The summed E-state index contributed by atoms with van der Waals surface area (Å²) in [7, 11) is 0. The standard InChI is InChI=1S/C14H20FNO/c15-13-8-6-7-12(14(13)17)11-16-9-4-2-1-3-5-10-16/h6-8,17H,1-5,9-11H2. The zero-order valence-corrected chi connectivity index (χ0v) is 10.2. The van der Waals surface area contributed by atoms with E-state index in [2.05, 4.69) is 4.90 Å². The average Bonchev–Trinajstić information content (AvgIpc) is 2.28. The SMILES string of the molecule is Oc1c(F)cccc1CN1CCCCCCC1. The summed E-state index contributed by atoms with van der Waals surface area (Å²) in [4.78, 5) is 2.31. The Bertz CT molecular complexity index is 359. The molecule has 1 aliphatic rings. The van der Waals surface area contributed by atoms with Gasteiger partial charge in [0.1, 0.15) is 0 Å². The molecule has 0 unspecified atom stereocenters. The van der Waals surface area contributed by atoms with Crippen LogP contribution < -0.4 is 0 Å². The number of hydrogen-bond acceptors (Lipinski definition) is 2. The molecule has 1 aromatic rings. The van der Waals surface area contributed by atoms with Gasteiger partial charge in [-0.05, 0) is 32.0 Å². The van der Waals surface area contributed by atoms with Crippen LogP contribution in [-0.2, 0) is 6.54 Å². The summed E-state index contributed by atoms with van der Waals surface area (Å²) < 4.78 is 13.2. The lowest BCUT2D eigenvalue weighted by molar-refractivity contribution is 0.236. The molecule has 1 aliphatic heterocycles. The molecule has 3 heteroatoms. The number of nitrogens with zero attached hydrogens (tertiary/aromatic N) is 1. The number of benzene rings is 1. The van der Waals surface area contributed by atoms with Gasteiger partial charge >= 0.3 is 0 Å². The number of likely N-dealkylation sites (tertiary alicyclic amines) is 1. The van der Waals surface area contributed by atoms with Crippen LogP contribution in [0.1, 0.15) is 37.7 Å². The number of halogens is 1. The molecule has 1 N–H and O–H groups in total. The molecule has 0 spiro atoms. The van der Waals surface area contributed by atoms with Gasteiger partial charge in [0.25, 0.3) is 0 Å². The number of rotatable bonds is 2. The quantitative estimate of drug-likeness (QED) is 0.853. The van der Waals surface area contributed by atoms with Gasteiger partial charge in [-0.25, -0.2) is 4.39 Å². The molecule has 17 heavy (non-hydrogen) atoms. The van der Waals surface area contributed by atoms with Crippen molar-refractivity contribution in [2.24, 2.45) is 0 Å². The van der Waals surface area contributed by atoms with Crippen LogP contribution in [0.15, 0.2) is 18.2 Å². The predicted octanol–water partition coefficient (Wildman–Crippen LogP) is 3.30. The molecular formula is C14H20FNO. The molecule has 1 saturated heterocycles. The molecule has 0 bridgehead atoms. The third-order valence-electron chi connectivity index (χ3n) is 3.41. The predicted molar refractivity (Wildman–Crippen MR) is 66.4 cm³/mol. The lowest BCUT2D eigenvalue weighted by Crippen LogP contribution is -2.26. The van der Waals surface area contributed by atoms with Crippen molar-refractivity contribution in [2.45, 2.75) is 38.6 Å². The fourth-order valence-corrected chi connectivity index (χ4v) is 2.40. The van der Waals surface area contributed by atoms with Crippen LogP contribution >= 0.6 is 0 Å². The Morgan fingerprint density at radius 1 is 1.06 bits per heavy atom. The monoisotopic (exact) mass is 237 g/mol. The van der Waals surface area contributed by atoms with Crippen LogP contribution in [0.3, 0.4) is 0 Å². The summed E-state index contributed by atoms with van der Waals surface area (Å²) in [6.07, 6.45) is 6.31. The average molecular weight is 237 g/mol. The molecule has 0 aliphatic carbocycles.